The van der Waals surface area contributed by atoms with Gasteiger partial charge in [0.2, 0.25) is 0 Å². The Morgan fingerprint density at radius 2 is 1.20 bits per heavy atom. The van der Waals surface area contributed by atoms with E-state index in [2.05, 4.69) is 175 Å². The van der Waals surface area contributed by atoms with Crippen LogP contribution < -0.4 is 10.0 Å². The third-order valence-corrected chi connectivity index (χ3v) is 11.7. The lowest BCUT2D eigenvalue weighted by atomic mass is 9.82. The summed E-state index contributed by atoms with van der Waals surface area (Å²) in [5.74, 6) is 1.06. The van der Waals surface area contributed by atoms with Gasteiger partial charge < -0.3 is 4.74 Å². The SMILES string of the molecule is CCCCC(C)(Pc1c(C)cccc1CN(Cc1ccccc1)Cc1ccccc1)c1cc(C(C)(C)C)cc(C)c1OCc1ccccc1. The normalized spacial score (nSPS) is 13.2. The van der Waals surface area contributed by atoms with Gasteiger partial charge in [-0.15, -0.1) is 0 Å². The Bertz CT molecular complexity index is 1720. The lowest BCUT2D eigenvalue weighted by Crippen LogP contribution is -2.28. The lowest BCUT2D eigenvalue weighted by Gasteiger charge is -2.36. The van der Waals surface area contributed by atoms with Crippen molar-refractivity contribution in [3.05, 3.63) is 166 Å². The minimum absolute atomic E-state index is 0.0372. The van der Waals surface area contributed by atoms with Gasteiger partial charge in [0.05, 0.1) is 0 Å². The smallest absolute Gasteiger partial charge is 0.126 e. The molecule has 2 unspecified atom stereocenters. The van der Waals surface area contributed by atoms with E-state index in [1.807, 2.05) is 0 Å². The fourth-order valence-corrected chi connectivity index (χ4v) is 8.52. The molecule has 49 heavy (non-hydrogen) atoms. The van der Waals surface area contributed by atoms with Gasteiger partial charge in [-0.3, -0.25) is 4.90 Å². The number of aryl methyl sites for hydroxylation is 2. The van der Waals surface area contributed by atoms with Crippen molar-refractivity contribution >= 4 is 13.9 Å². The van der Waals surface area contributed by atoms with Crippen LogP contribution >= 0.6 is 8.58 Å². The van der Waals surface area contributed by atoms with Gasteiger partial charge in [0.25, 0.3) is 0 Å². The molecule has 5 aromatic rings. The standard InChI is InChI=1S/C46H56NOP/c1-8-9-28-46(7,42-30-41(45(4,5)6)29-36(3)43(42)48-34-39-25-17-12-18-26-39)49-44-35(2)20-19-27-40(44)33-47(31-37-21-13-10-14-22-37)32-38-23-15-11-16-24-38/h10-27,29-30,49H,8-9,28,31-34H2,1-7H3. The third kappa shape index (κ3) is 9.94. The van der Waals surface area contributed by atoms with Crippen molar-refractivity contribution in [3.63, 3.8) is 0 Å². The van der Waals surface area contributed by atoms with Crippen LogP contribution in [0.2, 0.25) is 0 Å². The Hall–Kier alpha value is -3.71. The average Bonchev–Trinajstić information content (AvgIpc) is 3.09. The quantitative estimate of drug-likeness (QED) is 0.103. The van der Waals surface area contributed by atoms with Crippen LogP contribution in [0.3, 0.4) is 0 Å². The summed E-state index contributed by atoms with van der Waals surface area (Å²) < 4.78 is 6.84. The first-order valence-corrected chi connectivity index (χ1v) is 19.0. The van der Waals surface area contributed by atoms with Crippen molar-refractivity contribution in [1.29, 1.82) is 0 Å². The van der Waals surface area contributed by atoms with Crippen molar-refractivity contribution < 1.29 is 4.74 Å². The van der Waals surface area contributed by atoms with Crippen LogP contribution in [0.1, 0.15) is 98.4 Å². The number of hydrogen-bond donors (Lipinski definition) is 0. The van der Waals surface area contributed by atoms with Crippen LogP contribution in [0.4, 0.5) is 0 Å². The monoisotopic (exact) mass is 669 g/mol. The van der Waals surface area contributed by atoms with E-state index in [0.29, 0.717) is 15.2 Å². The predicted molar refractivity (Wildman–Crippen MR) is 212 cm³/mol. The molecule has 0 aliphatic rings. The van der Waals surface area contributed by atoms with Gasteiger partial charge in [-0.25, -0.2) is 0 Å². The molecular formula is C46H56NOP. The number of ether oxygens (including phenoxy) is 1. The van der Waals surface area contributed by atoms with E-state index in [4.69, 9.17) is 4.74 Å². The number of rotatable bonds is 15. The van der Waals surface area contributed by atoms with Crippen molar-refractivity contribution in [2.24, 2.45) is 0 Å². The van der Waals surface area contributed by atoms with E-state index in [0.717, 1.165) is 31.8 Å². The molecule has 0 N–H and O–H groups in total. The minimum Gasteiger partial charge on any atom is -0.488 e. The second-order valence-electron chi connectivity index (χ2n) is 15.0. The van der Waals surface area contributed by atoms with Crippen LogP contribution in [-0.2, 0) is 36.8 Å². The number of hydrogen-bond acceptors (Lipinski definition) is 2. The zero-order valence-electron chi connectivity index (χ0n) is 30.9. The van der Waals surface area contributed by atoms with Gasteiger partial charge in [0.1, 0.15) is 12.4 Å². The van der Waals surface area contributed by atoms with Gasteiger partial charge >= 0.3 is 0 Å². The first-order chi connectivity index (χ1) is 23.6. The molecule has 256 valence electrons. The Morgan fingerprint density at radius 1 is 0.633 bits per heavy atom. The van der Waals surface area contributed by atoms with E-state index in [9.17, 15) is 0 Å². The Balaban J connectivity index is 1.56. The maximum absolute atomic E-state index is 6.84. The maximum atomic E-state index is 6.84. The molecule has 0 aliphatic carbocycles. The van der Waals surface area contributed by atoms with Gasteiger partial charge in [-0.2, -0.15) is 0 Å². The summed E-state index contributed by atoms with van der Waals surface area (Å²) in [6.07, 6.45) is 3.46. The number of nitrogens with zero attached hydrogens (tertiary/aromatic N) is 1. The summed E-state index contributed by atoms with van der Waals surface area (Å²) in [6.45, 7) is 19.7. The highest BCUT2D eigenvalue weighted by molar-refractivity contribution is 7.48. The Kier molecular flexibility index (Phi) is 12.5. The number of benzene rings is 5. The molecule has 0 amide bonds. The molecule has 0 heterocycles. The molecule has 0 radical (unpaired) electrons. The molecular weight excluding hydrogens is 613 g/mol. The van der Waals surface area contributed by atoms with Crippen molar-refractivity contribution in [3.8, 4) is 5.75 Å². The largest absolute Gasteiger partial charge is 0.488 e. The zero-order valence-corrected chi connectivity index (χ0v) is 31.9. The van der Waals surface area contributed by atoms with Gasteiger partial charge in [-0.05, 0) is 69.9 Å². The van der Waals surface area contributed by atoms with Crippen LogP contribution in [-0.4, -0.2) is 4.90 Å². The van der Waals surface area contributed by atoms with E-state index >= 15 is 0 Å². The van der Waals surface area contributed by atoms with Crippen LogP contribution in [0.15, 0.2) is 121 Å². The third-order valence-electron chi connectivity index (χ3n) is 9.64. The predicted octanol–water partition coefficient (Wildman–Crippen LogP) is 11.8. The van der Waals surface area contributed by atoms with Gasteiger partial charge in [0, 0.05) is 30.4 Å². The Morgan fingerprint density at radius 3 is 1.76 bits per heavy atom. The number of unbranched alkanes of at least 4 members (excludes halogenated alkanes) is 1. The van der Waals surface area contributed by atoms with Gasteiger partial charge in [0.15, 0.2) is 0 Å². The molecule has 0 saturated heterocycles. The molecule has 0 spiro atoms. The Labute approximate surface area is 298 Å². The van der Waals surface area contributed by atoms with E-state index in [-0.39, 0.29) is 10.6 Å². The molecule has 0 aliphatic heterocycles. The summed E-state index contributed by atoms with van der Waals surface area (Å²) in [5, 5.41) is 1.42. The molecule has 5 aromatic carbocycles. The van der Waals surface area contributed by atoms with E-state index < -0.39 is 0 Å². The lowest BCUT2D eigenvalue weighted by molar-refractivity contribution is 0.248. The average molecular weight is 670 g/mol. The second kappa shape index (κ2) is 16.8. The van der Waals surface area contributed by atoms with Crippen LogP contribution in [0.5, 0.6) is 5.75 Å². The first-order valence-electron chi connectivity index (χ1n) is 18.0. The summed E-state index contributed by atoms with van der Waals surface area (Å²) in [4.78, 5) is 2.61. The molecule has 0 aromatic heterocycles. The van der Waals surface area contributed by atoms with E-state index in [1.165, 1.54) is 62.7 Å². The summed E-state index contributed by atoms with van der Waals surface area (Å²) in [7, 11) is 0.606. The highest BCUT2D eigenvalue weighted by Gasteiger charge is 2.34. The highest BCUT2D eigenvalue weighted by Crippen LogP contribution is 2.51. The first kappa shape index (κ1) is 36.6. The van der Waals surface area contributed by atoms with Crippen molar-refractivity contribution in [2.75, 3.05) is 0 Å². The maximum Gasteiger partial charge on any atom is 0.126 e. The van der Waals surface area contributed by atoms with Gasteiger partial charge in [-0.1, -0.05) is 177 Å². The molecule has 2 atom stereocenters. The van der Waals surface area contributed by atoms with Crippen molar-refractivity contribution in [1.82, 2.24) is 4.90 Å². The van der Waals surface area contributed by atoms with Crippen LogP contribution in [0.25, 0.3) is 0 Å². The van der Waals surface area contributed by atoms with E-state index in [1.54, 1.807) is 0 Å². The fraction of sp³-hybridized carbons (Fsp3) is 0.348. The fourth-order valence-electron chi connectivity index (χ4n) is 6.74. The summed E-state index contributed by atoms with van der Waals surface area (Å²) in [5.41, 5.74) is 10.7. The molecule has 0 bridgehead atoms. The van der Waals surface area contributed by atoms with Crippen LogP contribution in [0, 0.1) is 13.8 Å². The zero-order chi connectivity index (χ0) is 34.9. The second-order valence-corrected chi connectivity index (χ2v) is 16.8. The molecule has 5 rings (SSSR count). The summed E-state index contributed by atoms with van der Waals surface area (Å²) >= 11 is 0. The minimum atomic E-state index is -0.0847. The molecule has 0 saturated carbocycles. The summed E-state index contributed by atoms with van der Waals surface area (Å²) in [6, 6.07) is 44.2. The highest BCUT2D eigenvalue weighted by atomic mass is 31.1. The van der Waals surface area contributed by atoms with Crippen molar-refractivity contribution in [2.45, 2.75) is 105 Å². The molecule has 2 nitrogen and oxygen atoms in total. The molecule has 3 heteroatoms. The molecule has 0 fully saturated rings. The topological polar surface area (TPSA) is 12.5 Å².